The van der Waals surface area contributed by atoms with E-state index in [-0.39, 0.29) is 102 Å². The second kappa shape index (κ2) is 49.3. The summed E-state index contributed by atoms with van der Waals surface area (Å²) in [4.78, 5) is 170. The van der Waals surface area contributed by atoms with E-state index in [0.717, 1.165) is 60.0 Å². The summed E-state index contributed by atoms with van der Waals surface area (Å²) in [5, 5.41) is 160. The van der Waals surface area contributed by atoms with Crippen LogP contribution in [0.5, 0.6) is 0 Å². The van der Waals surface area contributed by atoms with E-state index in [1.54, 1.807) is 0 Å². The number of aliphatic hydroxyl groups excluding tert-OH is 10. The van der Waals surface area contributed by atoms with Gasteiger partial charge < -0.3 is 170 Å². The van der Waals surface area contributed by atoms with Crippen LogP contribution in [0.15, 0.2) is 43.7 Å². The van der Waals surface area contributed by atoms with Crippen LogP contribution < -0.4 is 55.2 Å². The normalized spacial score (nSPS) is 32.9. The molecule has 4 aromatic rings. The van der Waals surface area contributed by atoms with Crippen molar-refractivity contribution in [3.8, 4) is 0 Å². The summed E-state index contributed by atoms with van der Waals surface area (Å²) in [6, 6.07) is -1.45. The molecule has 54 heteroatoms. The molecule has 0 bridgehead atoms. The lowest BCUT2D eigenvalue weighted by atomic mass is 9.80. The number of carbonyl (C=O) groups is 8. The van der Waals surface area contributed by atoms with Crippen molar-refractivity contribution in [1.82, 2.24) is 71.2 Å². The monoisotopic (exact) mass is 1940 g/mol. The molecule has 0 aromatic carbocycles. The van der Waals surface area contributed by atoms with Crippen LogP contribution in [-0.4, -0.2) is 383 Å². The molecule has 4 aliphatic heterocycles. The average molecular weight is 1940 g/mol. The second-order valence-electron chi connectivity index (χ2n) is 35.2. The number of amides is 4. The Morgan fingerprint density at radius 1 is 0.478 bits per heavy atom. The van der Waals surface area contributed by atoms with E-state index in [0.29, 0.717) is 25.7 Å². The van der Waals surface area contributed by atoms with Gasteiger partial charge in [-0.1, -0.05) is 74.6 Å². The molecule has 54 nitrogen and oxygen atoms in total. The highest BCUT2D eigenvalue weighted by Gasteiger charge is 2.58. The van der Waals surface area contributed by atoms with Gasteiger partial charge in [-0.05, 0) is 64.2 Å². The largest absolute Gasteiger partial charge is 0.479 e. The van der Waals surface area contributed by atoms with Gasteiger partial charge in [0, 0.05) is 50.1 Å². The van der Waals surface area contributed by atoms with Crippen molar-refractivity contribution in [2.75, 3.05) is 52.6 Å². The quantitative estimate of drug-likeness (QED) is 0.0145. The average Bonchev–Trinajstić information content (AvgIpc) is 0.819. The zero-order valence-corrected chi connectivity index (χ0v) is 74.4. The fraction of sp³-hybridized carbons (Fsp3) is 0.756. The van der Waals surface area contributed by atoms with Gasteiger partial charge in [0.25, 0.3) is 22.9 Å². The Labute approximate surface area is 773 Å². The van der Waals surface area contributed by atoms with Gasteiger partial charge in [-0.15, -0.1) is 10.2 Å². The number of carboxylic acids is 2. The van der Waals surface area contributed by atoms with Crippen LogP contribution in [0.1, 0.15) is 149 Å². The smallest absolute Gasteiger partial charge is 0.332 e. The molecule has 0 unspecified atom stereocenters. The van der Waals surface area contributed by atoms with Crippen molar-refractivity contribution in [3.05, 3.63) is 89.0 Å². The number of carboxylic acid groups (broad SMARTS) is 2. The van der Waals surface area contributed by atoms with Crippen molar-refractivity contribution in [2.24, 2.45) is 35.1 Å². The van der Waals surface area contributed by atoms with Crippen molar-refractivity contribution in [3.63, 3.8) is 0 Å². The van der Waals surface area contributed by atoms with Gasteiger partial charge >= 0.3 is 35.3 Å². The minimum atomic E-state index is -2.06. The molecule has 30 atom stereocenters. The third kappa shape index (κ3) is 27.7. The van der Waals surface area contributed by atoms with Gasteiger partial charge in [0.1, 0.15) is 121 Å². The fourth-order valence-corrected chi connectivity index (χ4v) is 18.2. The lowest BCUT2D eigenvalue weighted by Crippen LogP contribution is -2.65. The molecule has 0 radical (unpaired) electrons. The second-order valence-corrected chi connectivity index (χ2v) is 35.2. The van der Waals surface area contributed by atoms with Crippen LogP contribution in [0.4, 0.5) is 0 Å². The molecule has 8 heterocycles. The lowest BCUT2D eigenvalue weighted by Gasteiger charge is -2.48. The molecule has 4 aliphatic carbocycles. The lowest BCUT2D eigenvalue weighted by molar-refractivity contribution is -0.348. The number of aliphatic carboxylic acids is 2. The molecule has 758 valence electrons. The number of H-pyrrole nitrogens is 4. The van der Waals surface area contributed by atoms with E-state index in [4.69, 9.17) is 77.8 Å². The van der Waals surface area contributed by atoms with Crippen molar-refractivity contribution in [2.45, 2.75) is 314 Å². The summed E-state index contributed by atoms with van der Waals surface area (Å²) in [5.74, 6) is -11.6. The van der Waals surface area contributed by atoms with Crippen LogP contribution >= 0.6 is 0 Å². The first kappa shape index (κ1) is 105. The number of esters is 2. The number of aromatic amines is 4. The molecule has 4 saturated carbocycles. The van der Waals surface area contributed by atoms with Gasteiger partial charge in [-0.25, -0.2) is 28.5 Å². The number of aromatic nitrogens is 10. The summed E-state index contributed by atoms with van der Waals surface area (Å²) in [6.07, 6.45) is -38.4. The number of ether oxygens (including phenoxy) is 14. The van der Waals surface area contributed by atoms with Crippen molar-refractivity contribution in [1.29, 1.82) is 0 Å². The van der Waals surface area contributed by atoms with Gasteiger partial charge in [0.05, 0.1) is 88.5 Å². The van der Waals surface area contributed by atoms with Gasteiger partial charge in [-0.2, -0.15) is 0 Å². The minimum absolute atomic E-state index is 0.0337. The zero-order valence-electron chi connectivity index (χ0n) is 74.4. The Bertz CT molecular complexity index is 4510. The molecule has 4 saturated heterocycles. The minimum Gasteiger partial charge on any atom is -0.479 e. The van der Waals surface area contributed by atoms with E-state index in [2.05, 4.69) is 51.9 Å². The van der Waals surface area contributed by atoms with Crippen molar-refractivity contribution >= 4 is 47.5 Å². The van der Waals surface area contributed by atoms with Gasteiger partial charge in [0.15, 0.2) is 49.6 Å². The van der Waals surface area contributed by atoms with Crippen LogP contribution in [0.25, 0.3) is 0 Å². The van der Waals surface area contributed by atoms with Crippen LogP contribution in [0, 0.1) is 23.7 Å². The number of rotatable bonds is 43. The molecule has 0 spiro atoms. The first-order chi connectivity index (χ1) is 65.1. The Balaban J connectivity index is 0.733. The summed E-state index contributed by atoms with van der Waals surface area (Å²) in [7, 11) is 0. The van der Waals surface area contributed by atoms with E-state index < -0.39 is 304 Å². The number of carbonyl (C=O) groups excluding carboxylic acids is 6. The maximum atomic E-state index is 14.5. The predicted octanol–water partition coefficient (Wildman–Crippen LogP) is -9.28. The SMILES string of the molecule is C[C@@H]1O[C@@H](O[C@@H]2[C@@H](NC(=O)c3cc(=O)[nH]c(=O)[nH]3)C[C@@H](C(=O)NCCN)C[C@H]2O[C@@H]2O[C@H](CO)[C@H](O)[C@H](O[C@@H](CC3CCCCC3)C(=O)O)[C@H]2OC(=O)Cn2cc(COCCOCc3cn(CC(=O)O[C@H]4[C@H](O[C@@H]5C[C@H](C(=O)NCCN)C[C@H](NC(=O)c6cc(=O)[nH]c(=O)[nH]6)[C@H]5O[C@@H]5O[C@@H](C)[C@@H](O)[C@@H](O)[C@@H]5O)O[C@H](CO)[C@H](O)[C@@H]4O[C@@H](CC4CCCCC4)C(=O)O)nn3)nn2)[C@@H](O)[C@H](O)[C@@H]1O. The van der Waals surface area contributed by atoms with E-state index in [9.17, 15) is 119 Å². The van der Waals surface area contributed by atoms with Gasteiger partial charge in [-0.3, -0.25) is 48.3 Å². The Morgan fingerprint density at radius 2 is 0.860 bits per heavy atom. The van der Waals surface area contributed by atoms with E-state index in [1.165, 1.54) is 26.2 Å². The molecule has 136 heavy (non-hydrogen) atoms. The summed E-state index contributed by atoms with van der Waals surface area (Å²) in [6.45, 7) is -1.84. The first-order valence-electron chi connectivity index (χ1n) is 45.3. The molecule has 8 aliphatic rings. The van der Waals surface area contributed by atoms with Gasteiger partial charge in [0.2, 0.25) is 11.8 Å². The molecular weight excluding hydrogens is 1820 g/mol. The van der Waals surface area contributed by atoms with E-state index in [1.807, 2.05) is 9.97 Å². The third-order valence-corrected chi connectivity index (χ3v) is 25.2. The first-order valence-corrected chi connectivity index (χ1v) is 45.3. The number of aliphatic hydroxyl groups is 10. The third-order valence-electron chi connectivity index (χ3n) is 25.2. The number of nitrogens with one attached hydrogen (secondary N) is 8. The molecular formula is C82H122N16O38. The standard InChI is InChI=1S/C82H122N16O38/c1-35-57(105)61(109)63(111)77(125-35)135-65-43(87-73(115)45-25-53(101)91-81(121)89-45)21-39(71(113)85-15-13-83)23-47(65)129-79-69(67(59(107)51(31-99)131-79)127-49(75(117)118)19-37-9-5-3-6-10-37)133-55(103)29-97-27-41(93-95-97)33-123-17-18-124-34-42-28-98(96-94-42)30-56(104)134-70-68(128-50(76(119)120)20-38-11-7-4-8-12-38)60(108)52(32-100)132-80(70)130-48-24-40(72(114)86-16-14-84)22-44(88-74(116)46-26-54(102)92-82(122)90-46)66(48)136-78-64(112)62(110)58(106)36(2)126-78/h25-28,35-40,43-44,47-52,57-70,77-80,99-100,105-112H,3-24,29-34,83-84H2,1-2H3,(H,85,113)(H,86,114)(H,87,115)(H,88,116)(H,117,118)(H,119,120)(H2,89,91,101,121)(H2,90,92,102,122)/t35-,36-,39+,40+,43-,44-,47+,48+,49-,50-,51+,52+,57+,58+,59-,60-,61+,62+,63-,64-,65+,66+,67-,68-,69+,70+,77-,78-,79+,80+/m0/s1. The highest BCUT2D eigenvalue weighted by Crippen LogP contribution is 2.42. The molecule has 12 rings (SSSR count). The summed E-state index contributed by atoms with van der Waals surface area (Å²) >= 11 is 0. The highest BCUT2D eigenvalue weighted by molar-refractivity contribution is 5.93. The summed E-state index contributed by atoms with van der Waals surface area (Å²) < 4.78 is 88.7. The van der Waals surface area contributed by atoms with Crippen LogP contribution in [-0.2, 0) is 121 Å². The number of hydrogen-bond acceptors (Lipinski definition) is 42. The molecule has 4 aromatic heterocycles. The Kier molecular flexibility index (Phi) is 38.2. The number of hydrogen-bond donors (Lipinski definition) is 22. The Hall–Kier alpha value is -9.56. The summed E-state index contributed by atoms with van der Waals surface area (Å²) in [5.41, 5.74) is 6.52. The highest BCUT2D eigenvalue weighted by atomic mass is 16.8. The maximum Gasteiger partial charge on any atom is 0.332 e. The molecule has 24 N–H and O–H groups in total. The zero-order chi connectivity index (χ0) is 97.9. The van der Waals surface area contributed by atoms with Crippen molar-refractivity contribution < 1.29 is 166 Å². The predicted molar refractivity (Wildman–Crippen MR) is 449 cm³/mol. The Morgan fingerprint density at radius 3 is 1.21 bits per heavy atom. The molecule has 4 amide bonds. The molecule has 8 fully saturated rings. The fourth-order valence-electron chi connectivity index (χ4n) is 18.2. The van der Waals surface area contributed by atoms with Crippen LogP contribution in [0.3, 0.4) is 0 Å². The number of nitrogens with zero attached hydrogens (tertiary/aromatic N) is 6. The van der Waals surface area contributed by atoms with E-state index >= 15 is 0 Å². The maximum absolute atomic E-state index is 14.5. The number of nitrogens with two attached hydrogens (primary N) is 2. The topological polar surface area (TPSA) is 802 Å². The van der Waals surface area contributed by atoms with Crippen LogP contribution in [0.2, 0.25) is 0 Å².